The first-order chi connectivity index (χ1) is 9.25. The van der Waals surface area contributed by atoms with E-state index in [1.807, 2.05) is 12.1 Å². The van der Waals surface area contributed by atoms with E-state index in [0.717, 1.165) is 25.0 Å². The monoisotopic (exact) mass is 295 g/mol. The number of fused-ring (bicyclic) bond motifs is 1. The maximum Gasteiger partial charge on any atom is 0.233 e. The summed E-state index contributed by atoms with van der Waals surface area (Å²) in [4.78, 5) is 12.3. The summed E-state index contributed by atoms with van der Waals surface area (Å²) in [5.74, 6) is 1.26. The second-order valence-electron chi connectivity index (χ2n) is 5.26. The number of carbonyl (C=O) groups is 1. The van der Waals surface area contributed by atoms with Crippen molar-refractivity contribution < 1.29 is 4.79 Å². The highest BCUT2D eigenvalue weighted by molar-refractivity contribution is 8.00. The molecule has 1 amide bonds. The van der Waals surface area contributed by atoms with E-state index in [2.05, 4.69) is 17.4 Å². The number of alkyl halides is 1. The van der Waals surface area contributed by atoms with Gasteiger partial charge in [0.2, 0.25) is 5.91 Å². The molecule has 1 saturated heterocycles. The van der Waals surface area contributed by atoms with E-state index in [-0.39, 0.29) is 22.6 Å². The van der Waals surface area contributed by atoms with Crippen LogP contribution in [0.3, 0.4) is 0 Å². The lowest BCUT2D eigenvalue weighted by Gasteiger charge is -2.24. The number of benzene rings is 1. The van der Waals surface area contributed by atoms with Crippen LogP contribution in [0.1, 0.15) is 36.4 Å². The van der Waals surface area contributed by atoms with Crippen LogP contribution in [0.15, 0.2) is 24.3 Å². The highest BCUT2D eigenvalue weighted by atomic mass is 35.5. The molecule has 4 heteroatoms. The minimum absolute atomic E-state index is 0.0186. The molecule has 1 aliphatic heterocycles. The van der Waals surface area contributed by atoms with Gasteiger partial charge in [0.1, 0.15) is 0 Å². The van der Waals surface area contributed by atoms with Crippen molar-refractivity contribution in [1.29, 1.82) is 0 Å². The fourth-order valence-corrected chi connectivity index (χ4v) is 4.48. The van der Waals surface area contributed by atoms with Gasteiger partial charge in [-0.1, -0.05) is 30.7 Å². The van der Waals surface area contributed by atoms with E-state index in [4.69, 9.17) is 11.6 Å². The Hall–Kier alpha value is -0.670. The molecule has 0 spiro atoms. The zero-order valence-electron chi connectivity index (χ0n) is 10.8. The smallest absolute Gasteiger partial charge is 0.233 e. The van der Waals surface area contributed by atoms with Crippen LogP contribution in [0.25, 0.3) is 0 Å². The fraction of sp³-hybridized carbons (Fsp3) is 0.533. The average Bonchev–Trinajstić information content (AvgIpc) is 2.76. The summed E-state index contributed by atoms with van der Waals surface area (Å²) in [6.45, 7) is 0. The Morgan fingerprint density at radius 1 is 1.32 bits per heavy atom. The van der Waals surface area contributed by atoms with E-state index in [0.29, 0.717) is 0 Å². The summed E-state index contributed by atoms with van der Waals surface area (Å²) in [6, 6.07) is 8.21. The largest absolute Gasteiger partial charge is 0.347 e. The number of thioether (sulfide) groups is 1. The van der Waals surface area contributed by atoms with Gasteiger partial charge in [0.05, 0.1) is 16.7 Å². The molecule has 3 atom stereocenters. The molecule has 1 heterocycles. The van der Waals surface area contributed by atoms with Gasteiger partial charge in [0, 0.05) is 0 Å². The Balaban J connectivity index is 1.71. The Bertz CT molecular complexity index is 473. The van der Waals surface area contributed by atoms with Crippen LogP contribution in [0.4, 0.5) is 0 Å². The summed E-state index contributed by atoms with van der Waals surface area (Å²) in [5, 5.41) is 3.26. The highest BCUT2D eigenvalue weighted by Gasteiger charge is 2.33. The van der Waals surface area contributed by atoms with E-state index in [1.165, 1.54) is 17.5 Å². The van der Waals surface area contributed by atoms with Crippen molar-refractivity contribution in [1.82, 2.24) is 5.32 Å². The molecule has 2 nitrogen and oxygen atoms in total. The van der Waals surface area contributed by atoms with Crippen molar-refractivity contribution in [2.75, 3.05) is 5.75 Å². The molecule has 19 heavy (non-hydrogen) atoms. The SMILES string of the molecule is O=C(NC1c2ccccc2CC1Cl)C1CCCCS1. The van der Waals surface area contributed by atoms with Crippen LogP contribution in [0, 0.1) is 0 Å². The van der Waals surface area contributed by atoms with Crippen molar-refractivity contribution >= 4 is 29.3 Å². The van der Waals surface area contributed by atoms with Gasteiger partial charge in [-0.15, -0.1) is 23.4 Å². The van der Waals surface area contributed by atoms with Crippen LogP contribution in [-0.2, 0) is 11.2 Å². The van der Waals surface area contributed by atoms with Gasteiger partial charge in [-0.25, -0.2) is 0 Å². The lowest BCUT2D eigenvalue weighted by atomic mass is 10.1. The standard InChI is InChI=1S/C15H18ClNOS/c16-12-9-10-5-1-2-6-11(10)14(12)17-15(18)13-7-3-4-8-19-13/h1-2,5-6,12-14H,3-4,7-9H2,(H,17,18). The average molecular weight is 296 g/mol. The molecule has 2 aliphatic rings. The van der Waals surface area contributed by atoms with E-state index < -0.39 is 0 Å². The molecule has 1 aliphatic carbocycles. The Kier molecular flexibility index (Phi) is 4.04. The van der Waals surface area contributed by atoms with E-state index in [9.17, 15) is 4.79 Å². The molecule has 3 unspecified atom stereocenters. The summed E-state index contributed by atoms with van der Waals surface area (Å²) >= 11 is 8.19. The minimum Gasteiger partial charge on any atom is -0.347 e. The number of rotatable bonds is 2. The summed E-state index contributed by atoms with van der Waals surface area (Å²) in [5.41, 5.74) is 2.46. The third-order valence-electron chi connectivity index (χ3n) is 3.94. The van der Waals surface area contributed by atoms with E-state index >= 15 is 0 Å². The molecule has 1 aromatic rings. The number of carbonyl (C=O) groups excluding carboxylic acids is 1. The van der Waals surface area contributed by atoms with Gasteiger partial charge in [-0.3, -0.25) is 4.79 Å². The van der Waals surface area contributed by atoms with Gasteiger partial charge >= 0.3 is 0 Å². The van der Waals surface area contributed by atoms with Crippen LogP contribution in [0.2, 0.25) is 0 Å². The quantitative estimate of drug-likeness (QED) is 0.848. The summed E-state index contributed by atoms with van der Waals surface area (Å²) < 4.78 is 0. The number of hydrogen-bond donors (Lipinski definition) is 1. The molecule has 1 N–H and O–H groups in total. The van der Waals surface area contributed by atoms with Crippen molar-refractivity contribution in [3.63, 3.8) is 0 Å². The van der Waals surface area contributed by atoms with Crippen molar-refractivity contribution in [2.45, 2.75) is 42.4 Å². The maximum atomic E-state index is 12.3. The van der Waals surface area contributed by atoms with Crippen LogP contribution >= 0.6 is 23.4 Å². The number of hydrogen-bond acceptors (Lipinski definition) is 2. The summed E-state index contributed by atoms with van der Waals surface area (Å²) in [7, 11) is 0. The molecule has 1 fully saturated rings. The molecule has 102 valence electrons. The molecular formula is C15H18ClNOS. The second kappa shape index (κ2) is 5.76. The first-order valence-electron chi connectivity index (χ1n) is 6.89. The molecule has 1 aromatic carbocycles. The third kappa shape index (κ3) is 2.77. The molecule has 0 aromatic heterocycles. The van der Waals surface area contributed by atoms with Gasteiger partial charge in [-0.05, 0) is 36.1 Å². The van der Waals surface area contributed by atoms with Gasteiger partial charge < -0.3 is 5.32 Å². The zero-order valence-corrected chi connectivity index (χ0v) is 12.3. The predicted molar refractivity (Wildman–Crippen MR) is 80.8 cm³/mol. The summed E-state index contributed by atoms with van der Waals surface area (Å²) in [6.07, 6.45) is 4.24. The molecule has 0 radical (unpaired) electrons. The minimum atomic E-state index is -0.0205. The Morgan fingerprint density at radius 2 is 2.16 bits per heavy atom. The second-order valence-corrected chi connectivity index (χ2v) is 7.13. The van der Waals surface area contributed by atoms with Crippen molar-refractivity contribution in [3.05, 3.63) is 35.4 Å². The van der Waals surface area contributed by atoms with Crippen LogP contribution in [-0.4, -0.2) is 22.3 Å². The van der Waals surface area contributed by atoms with E-state index in [1.54, 1.807) is 11.8 Å². The molecule has 0 saturated carbocycles. The molecule has 0 bridgehead atoms. The molecular weight excluding hydrogens is 278 g/mol. The number of amides is 1. The topological polar surface area (TPSA) is 29.1 Å². The normalized spacial score (nSPS) is 29.8. The zero-order chi connectivity index (χ0) is 13.2. The number of nitrogens with one attached hydrogen (secondary N) is 1. The first-order valence-corrected chi connectivity index (χ1v) is 8.38. The maximum absolute atomic E-state index is 12.3. The molecule has 3 rings (SSSR count). The fourth-order valence-electron chi connectivity index (χ4n) is 2.91. The highest BCUT2D eigenvalue weighted by Crippen LogP contribution is 2.35. The lowest BCUT2D eigenvalue weighted by molar-refractivity contribution is -0.121. The number of halogens is 1. The van der Waals surface area contributed by atoms with Crippen LogP contribution in [0.5, 0.6) is 0 Å². The predicted octanol–water partition coefficient (Wildman–Crippen LogP) is 3.29. The Labute approximate surface area is 123 Å². The van der Waals surface area contributed by atoms with Crippen molar-refractivity contribution in [2.24, 2.45) is 0 Å². The lowest BCUT2D eigenvalue weighted by Crippen LogP contribution is -2.38. The third-order valence-corrected chi connectivity index (χ3v) is 5.72. The van der Waals surface area contributed by atoms with Gasteiger partial charge in [-0.2, -0.15) is 0 Å². The first kappa shape index (κ1) is 13.3. The van der Waals surface area contributed by atoms with Gasteiger partial charge in [0.25, 0.3) is 0 Å². The van der Waals surface area contributed by atoms with Gasteiger partial charge in [0.15, 0.2) is 0 Å². The van der Waals surface area contributed by atoms with Crippen LogP contribution < -0.4 is 5.32 Å². The Morgan fingerprint density at radius 3 is 2.95 bits per heavy atom. The van der Waals surface area contributed by atoms with Crippen molar-refractivity contribution in [3.8, 4) is 0 Å².